The monoisotopic (exact) mass is 342 g/mol. The molecular formula is C18H22N4O3. The van der Waals surface area contributed by atoms with Crippen molar-refractivity contribution < 1.29 is 14.6 Å². The lowest BCUT2D eigenvalue weighted by atomic mass is 10.1. The molecule has 0 unspecified atom stereocenters. The number of aromatic nitrogens is 2. The molecule has 1 amide bonds. The third-order valence-corrected chi connectivity index (χ3v) is 3.95. The molecule has 1 aliphatic rings. The smallest absolute Gasteiger partial charge is 0.257 e. The second-order valence-electron chi connectivity index (χ2n) is 6.18. The average molecular weight is 342 g/mol. The molecule has 25 heavy (non-hydrogen) atoms. The topological polar surface area (TPSA) is 78.8 Å². The molecule has 2 aromatic rings. The van der Waals surface area contributed by atoms with Crippen molar-refractivity contribution in [3.8, 4) is 11.6 Å². The van der Waals surface area contributed by atoms with Crippen molar-refractivity contribution in [1.82, 2.24) is 14.9 Å². The van der Waals surface area contributed by atoms with Crippen LogP contribution in [0.3, 0.4) is 0 Å². The van der Waals surface area contributed by atoms with E-state index in [1.165, 1.54) is 6.07 Å². The number of amides is 1. The Kier molecular flexibility index (Phi) is 5.02. The number of anilines is 1. The zero-order valence-corrected chi connectivity index (χ0v) is 14.4. The van der Waals surface area contributed by atoms with Crippen LogP contribution in [0.5, 0.6) is 11.6 Å². The van der Waals surface area contributed by atoms with Crippen molar-refractivity contribution in [3.63, 3.8) is 0 Å². The van der Waals surface area contributed by atoms with Gasteiger partial charge in [0.1, 0.15) is 5.75 Å². The molecule has 3 rings (SSSR count). The van der Waals surface area contributed by atoms with Gasteiger partial charge in [0.05, 0.1) is 6.10 Å². The number of carbonyl (C=O) groups is 1. The van der Waals surface area contributed by atoms with Crippen molar-refractivity contribution in [2.75, 3.05) is 31.1 Å². The van der Waals surface area contributed by atoms with E-state index in [-0.39, 0.29) is 17.8 Å². The third kappa shape index (κ3) is 3.99. The fourth-order valence-electron chi connectivity index (χ4n) is 2.78. The number of benzene rings is 1. The molecular weight excluding hydrogens is 320 g/mol. The molecule has 7 nitrogen and oxygen atoms in total. The molecule has 0 atom stereocenters. The minimum Gasteiger partial charge on any atom is -0.508 e. The maximum atomic E-state index is 12.6. The van der Waals surface area contributed by atoms with Crippen LogP contribution >= 0.6 is 0 Å². The predicted octanol–water partition coefficient (Wildman–Crippen LogP) is 1.93. The Balaban J connectivity index is 1.67. The van der Waals surface area contributed by atoms with Gasteiger partial charge < -0.3 is 19.6 Å². The molecule has 1 aliphatic heterocycles. The number of aromatic hydroxyl groups is 1. The first kappa shape index (κ1) is 17.0. The molecule has 1 fully saturated rings. The standard InChI is InChI=1S/C18H22N4O3/c1-13(2)25-17-16(19-6-7-20-17)21-8-10-22(11-9-21)18(24)14-4-3-5-15(23)12-14/h3-7,12-13,23H,8-11H2,1-2H3. The van der Waals surface area contributed by atoms with Crippen LogP contribution in [0, 0.1) is 0 Å². The Morgan fingerprint density at radius 1 is 1.16 bits per heavy atom. The van der Waals surface area contributed by atoms with Gasteiger partial charge >= 0.3 is 0 Å². The molecule has 0 radical (unpaired) electrons. The first-order valence-electron chi connectivity index (χ1n) is 8.35. The van der Waals surface area contributed by atoms with E-state index in [0.29, 0.717) is 43.4 Å². The number of ether oxygens (including phenoxy) is 1. The maximum absolute atomic E-state index is 12.6. The van der Waals surface area contributed by atoms with Crippen LogP contribution in [0.1, 0.15) is 24.2 Å². The second-order valence-corrected chi connectivity index (χ2v) is 6.18. The van der Waals surface area contributed by atoms with Crippen LogP contribution in [0.25, 0.3) is 0 Å². The lowest BCUT2D eigenvalue weighted by molar-refractivity contribution is 0.0746. The number of phenolic OH excluding ortho intramolecular Hbond substituents is 1. The number of rotatable bonds is 4. The fourth-order valence-corrected chi connectivity index (χ4v) is 2.78. The summed E-state index contributed by atoms with van der Waals surface area (Å²) < 4.78 is 5.73. The highest BCUT2D eigenvalue weighted by atomic mass is 16.5. The zero-order chi connectivity index (χ0) is 17.8. The quantitative estimate of drug-likeness (QED) is 0.915. The van der Waals surface area contributed by atoms with Gasteiger partial charge in [0.25, 0.3) is 11.8 Å². The summed E-state index contributed by atoms with van der Waals surface area (Å²) in [5.74, 6) is 1.25. The van der Waals surface area contributed by atoms with Gasteiger partial charge in [-0.3, -0.25) is 4.79 Å². The average Bonchev–Trinajstić information content (AvgIpc) is 2.61. The van der Waals surface area contributed by atoms with Crippen LogP contribution in [-0.2, 0) is 0 Å². The Hall–Kier alpha value is -2.83. The summed E-state index contributed by atoms with van der Waals surface area (Å²) in [6.07, 6.45) is 3.28. The molecule has 1 N–H and O–H groups in total. The van der Waals surface area contributed by atoms with Gasteiger partial charge in [-0.15, -0.1) is 0 Å². The molecule has 0 bridgehead atoms. The fraction of sp³-hybridized carbons (Fsp3) is 0.389. The summed E-state index contributed by atoms with van der Waals surface area (Å²) in [6, 6.07) is 6.44. The Morgan fingerprint density at radius 3 is 2.56 bits per heavy atom. The third-order valence-electron chi connectivity index (χ3n) is 3.95. The molecule has 0 spiro atoms. The summed E-state index contributed by atoms with van der Waals surface area (Å²) >= 11 is 0. The van der Waals surface area contributed by atoms with E-state index in [0.717, 1.165) is 0 Å². The van der Waals surface area contributed by atoms with Gasteiger partial charge in [0.15, 0.2) is 5.82 Å². The van der Waals surface area contributed by atoms with E-state index in [1.807, 2.05) is 13.8 Å². The minimum absolute atomic E-state index is 0.0177. The van der Waals surface area contributed by atoms with Crippen molar-refractivity contribution in [3.05, 3.63) is 42.2 Å². The van der Waals surface area contributed by atoms with Crippen LogP contribution < -0.4 is 9.64 Å². The van der Waals surface area contributed by atoms with Crippen LogP contribution in [0.4, 0.5) is 5.82 Å². The van der Waals surface area contributed by atoms with Crippen molar-refractivity contribution in [2.24, 2.45) is 0 Å². The van der Waals surface area contributed by atoms with E-state index >= 15 is 0 Å². The van der Waals surface area contributed by atoms with E-state index < -0.39 is 0 Å². The van der Waals surface area contributed by atoms with Crippen LogP contribution in [0.15, 0.2) is 36.7 Å². The molecule has 7 heteroatoms. The predicted molar refractivity (Wildman–Crippen MR) is 94.0 cm³/mol. The largest absolute Gasteiger partial charge is 0.508 e. The molecule has 1 aromatic carbocycles. The highest BCUT2D eigenvalue weighted by Gasteiger charge is 2.25. The lowest BCUT2D eigenvalue weighted by Crippen LogP contribution is -2.49. The number of phenols is 1. The highest BCUT2D eigenvalue weighted by Crippen LogP contribution is 2.25. The zero-order valence-electron chi connectivity index (χ0n) is 14.4. The summed E-state index contributed by atoms with van der Waals surface area (Å²) in [5.41, 5.74) is 0.497. The van der Waals surface area contributed by atoms with Gasteiger partial charge in [-0.25, -0.2) is 9.97 Å². The highest BCUT2D eigenvalue weighted by molar-refractivity contribution is 5.94. The summed E-state index contributed by atoms with van der Waals surface area (Å²) in [5, 5.41) is 9.55. The van der Waals surface area contributed by atoms with Gasteiger partial charge in [0.2, 0.25) is 0 Å². The van der Waals surface area contributed by atoms with Crippen molar-refractivity contribution in [1.29, 1.82) is 0 Å². The normalized spacial score (nSPS) is 14.7. The van der Waals surface area contributed by atoms with Gasteiger partial charge in [-0.2, -0.15) is 0 Å². The van der Waals surface area contributed by atoms with Crippen molar-refractivity contribution in [2.45, 2.75) is 20.0 Å². The number of carbonyl (C=O) groups excluding carboxylic acids is 1. The van der Waals surface area contributed by atoms with E-state index in [2.05, 4.69) is 14.9 Å². The Bertz CT molecular complexity index is 743. The first-order chi connectivity index (χ1) is 12.0. The number of hydrogen-bond acceptors (Lipinski definition) is 6. The molecule has 0 aliphatic carbocycles. The van der Waals surface area contributed by atoms with E-state index in [4.69, 9.17) is 4.74 Å². The van der Waals surface area contributed by atoms with Crippen molar-refractivity contribution >= 4 is 11.7 Å². The molecule has 0 saturated carbocycles. The van der Waals surface area contributed by atoms with Crippen LogP contribution in [-0.4, -0.2) is 58.2 Å². The Morgan fingerprint density at radius 2 is 1.88 bits per heavy atom. The summed E-state index contributed by atoms with van der Waals surface area (Å²) in [7, 11) is 0. The van der Waals surface area contributed by atoms with E-state index in [9.17, 15) is 9.90 Å². The SMILES string of the molecule is CC(C)Oc1nccnc1N1CCN(C(=O)c2cccc(O)c2)CC1. The Labute approximate surface area is 146 Å². The molecule has 1 aromatic heterocycles. The number of piperazine rings is 1. The number of nitrogens with zero attached hydrogens (tertiary/aromatic N) is 4. The summed E-state index contributed by atoms with van der Waals surface area (Å²) in [6.45, 7) is 6.35. The van der Waals surface area contributed by atoms with Gasteiger partial charge in [-0.1, -0.05) is 6.07 Å². The molecule has 132 valence electrons. The number of hydrogen-bond donors (Lipinski definition) is 1. The lowest BCUT2D eigenvalue weighted by Gasteiger charge is -2.35. The molecule has 1 saturated heterocycles. The second kappa shape index (κ2) is 7.38. The minimum atomic E-state index is -0.0756. The first-order valence-corrected chi connectivity index (χ1v) is 8.35. The summed E-state index contributed by atoms with van der Waals surface area (Å²) in [4.78, 5) is 25.1. The molecule has 2 heterocycles. The van der Waals surface area contributed by atoms with Gasteiger partial charge in [0, 0.05) is 44.1 Å². The van der Waals surface area contributed by atoms with E-state index in [1.54, 1.807) is 35.5 Å². The maximum Gasteiger partial charge on any atom is 0.257 e. The van der Waals surface area contributed by atoms with Gasteiger partial charge in [-0.05, 0) is 32.0 Å². The van der Waals surface area contributed by atoms with Crippen LogP contribution in [0.2, 0.25) is 0 Å².